The van der Waals surface area contributed by atoms with E-state index < -0.39 is 17.7 Å². The van der Waals surface area contributed by atoms with Crippen LogP contribution in [0.3, 0.4) is 0 Å². The second kappa shape index (κ2) is 15.3. The van der Waals surface area contributed by atoms with Crippen LogP contribution in [0.15, 0.2) is 48.7 Å². The molecule has 7 rings (SSSR count). The molecule has 3 N–H and O–H groups in total. The first kappa shape index (κ1) is 37.2. The van der Waals surface area contributed by atoms with E-state index in [1.165, 1.54) is 7.11 Å². The maximum absolute atomic E-state index is 14.0. The van der Waals surface area contributed by atoms with Gasteiger partial charge in [-0.1, -0.05) is 58.6 Å². The SMILES string of the molecule is COC(=O)N[C@H](C(=O)N1C[C@@]2(CCCO2)C[C@H]1c1nc2cc(C#Cc3ccc(-c4c[nH]c([C@@H]5CCCN5C(=O)[C@@H](C)C(C)C)n4)cc3)ccc2[nH]1)C(C)C. The molecule has 0 aliphatic carbocycles. The Balaban J connectivity index is 1.06. The molecule has 3 amide bonds. The number of amides is 3. The predicted octanol–water partition coefficient (Wildman–Crippen LogP) is 6.51. The molecule has 3 aliphatic heterocycles. The first-order valence-electron chi connectivity index (χ1n) is 19.2. The molecule has 1 spiro atoms. The second-order valence-corrected chi connectivity index (χ2v) is 15.8. The number of imidazole rings is 2. The fraction of sp³-hybridized carbons (Fsp3) is 0.500. The van der Waals surface area contributed by atoms with Crippen LogP contribution in [-0.4, -0.2) is 86.1 Å². The summed E-state index contributed by atoms with van der Waals surface area (Å²) in [5.74, 6) is 8.23. The van der Waals surface area contributed by atoms with E-state index in [1.807, 2.05) is 79.2 Å². The van der Waals surface area contributed by atoms with E-state index in [1.54, 1.807) is 0 Å². The number of likely N-dealkylation sites (tertiary alicyclic amines) is 2. The van der Waals surface area contributed by atoms with Crippen LogP contribution in [0.25, 0.3) is 22.3 Å². The van der Waals surface area contributed by atoms with Gasteiger partial charge in [0.05, 0.1) is 48.1 Å². The van der Waals surface area contributed by atoms with E-state index in [4.69, 9.17) is 19.4 Å². The Morgan fingerprint density at radius 2 is 1.69 bits per heavy atom. The monoisotopic (exact) mass is 733 g/mol. The standard InChI is InChI=1S/C42H51N7O5/c1-25(2)27(5)39(50)48-19-7-9-34(48)37-43-23-33(46-37)30-15-12-28(13-16-30)10-11-29-14-17-31-32(21-29)45-38(44-31)35-22-42(18-8-20-54-42)24-49(35)40(51)36(26(3)4)47-41(52)53-6/h12-17,21,23,25-27,34-36H,7-9,18-20,22,24H2,1-6H3,(H,43,46)(H,44,45)(H,47,52)/t27-,34-,35-,36-,42+/m0/s1. The average molecular weight is 734 g/mol. The molecule has 12 heteroatoms. The largest absolute Gasteiger partial charge is 0.453 e. The lowest BCUT2D eigenvalue weighted by Gasteiger charge is -2.30. The molecule has 3 aliphatic rings. The van der Waals surface area contributed by atoms with E-state index >= 15 is 0 Å². The van der Waals surface area contributed by atoms with Gasteiger partial charge in [-0.25, -0.2) is 14.8 Å². The summed E-state index contributed by atoms with van der Waals surface area (Å²) in [6.45, 7) is 11.9. The van der Waals surface area contributed by atoms with Crippen LogP contribution in [0.1, 0.15) is 102 Å². The van der Waals surface area contributed by atoms with Crippen molar-refractivity contribution in [3.05, 3.63) is 71.4 Å². The molecule has 3 fully saturated rings. The zero-order chi connectivity index (χ0) is 38.1. The van der Waals surface area contributed by atoms with Crippen molar-refractivity contribution in [1.29, 1.82) is 0 Å². The number of aromatic amines is 2. The minimum atomic E-state index is -0.744. The summed E-state index contributed by atoms with van der Waals surface area (Å²) in [5, 5.41) is 2.73. The van der Waals surface area contributed by atoms with Gasteiger partial charge < -0.3 is 34.6 Å². The number of rotatable bonds is 8. The van der Waals surface area contributed by atoms with Crippen molar-refractivity contribution >= 4 is 28.9 Å². The maximum Gasteiger partial charge on any atom is 0.407 e. The topological polar surface area (TPSA) is 146 Å². The van der Waals surface area contributed by atoms with Gasteiger partial charge in [0.15, 0.2) is 0 Å². The number of nitrogens with zero attached hydrogens (tertiary/aromatic N) is 4. The van der Waals surface area contributed by atoms with Crippen LogP contribution in [0.4, 0.5) is 4.79 Å². The van der Waals surface area contributed by atoms with Gasteiger partial charge in [-0.15, -0.1) is 0 Å². The Morgan fingerprint density at radius 1 is 0.926 bits per heavy atom. The molecular formula is C42H51N7O5. The molecule has 284 valence electrons. The Morgan fingerprint density at radius 3 is 2.39 bits per heavy atom. The summed E-state index contributed by atoms with van der Waals surface area (Å²) in [5.41, 5.74) is 4.69. The van der Waals surface area contributed by atoms with Crippen LogP contribution in [-0.2, 0) is 19.1 Å². The molecule has 2 aromatic carbocycles. The molecule has 0 radical (unpaired) electrons. The number of carbonyl (C=O) groups is 3. The quantitative estimate of drug-likeness (QED) is 0.175. The average Bonchev–Trinajstić information content (AvgIpc) is 4.02. The van der Waals surface area contributed by atoms with Crippen molar-refractivity contribution in [2.24, 2.45) is 17.8 Å². The number of hydrogen-bond acceptors (Lipinski definition) is 7. The number of nitrogens with one attached hydrogen (secondary N) is 3. The lowest BCUT2D eigenvalue weighted by Crippen LogP contribution is -2.51. The van der Waals surface area contributed by atoms with Gasteiger partial charge in [-0.2, -0.15) is 0 Å². The highest BCUT2D eigenvalue weighted by atomic mass is 16.5. The van der Waals surface area contributed by atoms with Gasteiger partial charge in [0.25, 0.3) is 0 Å². The molecule has 5 atom stereocenters. The smallest absolute Gasteiger partial charge is 0.407 e. The van der Waals surface area contributed by atoms with Crippen molar-refractivity contribution in [2.75, 3.05) is 26.8 Å². The van der Waals surface area contributed by atoms with Crippen molar-refractivity contribution in [3.63, 3.8) is 0 Å². The number of benzene rings is 2. The summed E-state index contributed by atoms with van der Waals surface area (Å²) in [6, 6.07) is 12.8. The zero-order valence-electron chi connectivity index (χ0n) is 32.1. The van der Waals surface area contributed by atoms with E-state index in [9.17, 15) is 14.4 Å². The lowest BCUT2D eigenvalue weighted by atomic mass is 9.96. The molecule has 0 saturated carbocycles. The Bertz CT molecular complexity index is 2070. The van der Waals surface area contributed by atoms with Gasteiger partial charge >= 0.3 is 6.09 Å². The van der Waals surface area contributed by atoms with Crippen LogP contribution >= 0.6 is 0 Å². The van der Waals surface area contributed by atoms with E-state index in [0.717, 1.165) is 71.5 Å². The molecule has 54 heavy (non-hydrogen) atoms. The van der Waals surface area contributed by atoms with Crippen molar-refractivity contribution < 1.29 is 23.9 Å². The van der Waals surface area contributed by atoms with E-state index in [-0.39, 0.29) is 35.7 Å². The number of alkyl carbamates (subject to hydrolysis) is 1. The van der Waals surface area contributed by atoms with Crippen LogP contribution in [0.2, 0.25) is 0 Å². The van der Waals surface area contributed by atoms with Crippen molar-refractivity contribution in [3.8, 4) is 23.1 Å². The van der Waals surface area contributed by atoms with Gasteiger partial charge in [0.1, 0.15) is 17.7 Å². The third-order valence-electron chi connectivity index (χ3n) is 11.4. The molecule has 0 bridgehead atoms. The number of fused-ring (bicyclic) bond motifs is 1. The fourth-order valence-electron chi connectivity index (χ4n) is 7.99. The zero-order valence-corrected chi connectivity index (χ0v) is 32.1. The lowest BCUT2D eigenvalue weighted by molar-refractivity contribution is -0.137. The second-order valence-electron chi connectivity index (χ2n) is 15.8. The van der Waals surface area contributed by atoms with Gasteiger partial charge in [0.2, 0.25) is 11.8 Å². The number of carbonyl (C=O) groups excluding carboxylic acids is 3. The summed E-state index contributed by atoms with van der Waals surface area (Å²) < 4.78 is 11.1. The summed E-state index contributed by atoms with van der Waals surface area (Å²) in [6.07, 6.45) is 5.60. The third-order valence-corrected chi connectivity index (χ3v) is 11.4. The number of aromatic nitrogens is 4. The minimum Gasteiger partial charge on any atom is -0.453 e. The number of hydrogen-bond donors (Lipinski definition) is 3. The summed E-state index contributed by atoms with van der Waals surface area (Å²) in [7, 11) is 1.29. The summed E-state index contributed by atoms with van der Waals surface area (Å²) in [4.78, 5) is 59.8. The molecule has 5 heterocycles. The van der Waals surface area contributed by atoms with Gasteiger partial charge in [-0.05, 0) is 67.9 Å². The number of ether oxygens (including phenoxy) is 2. The van der Waals surface area contributed by atoms with Gasteiger partial charge in [-0.3, -0.25) is 9.59 Å². The first-order valence-corrected chi connectivity index (χ1v) is 19.2. The minimum absolute atomic E-state index is 0.0194. The van der Waals surface area contributed by atoms with Crippen LogP contribution < -0.4 is 5.32 Å². The first-order chi connectivity index (χ1) is 25.9. The van der Waals surface area contributed by atoms with Gasteiger partial charge in [0, 0.05) is 48.4 Å². The molecule has 4 aromatic rings. The maximum atomic E-state index is 14.0. The highest BCUT2D eigenvalue weighted by Crippen LogP contribution is 2.45. The Hall–Kier alpha value is -5.15. The summed E-state index contributed by atoms with van der Waals surface area (Å²) >= 11 is 0. The fourth-order valence-corrected chi connectivity index (χ4v) is 7.99. The molecular weight excluding hydrogens is 683 g/mol. The van der Waals surface area contributed by atoms with Crippen LogP contribution in [0.5, 0.6) is 0 Å². The number of H-pyrrole nitrogens is 2. The predicted molar refractivity (Wildman–Crippen MR) is 205 cm³/mol. The van der Waals surface area contributed by atoms with Crippen molar-refractivity contribution in [2.45, 2.75) is 90.4 Å². The van der Waals surface area contributed by atoms with Crippen molar-refractivity contribution in [1.82, 2.24) is 35.1 Å². The Labute approximate surface area is 316 Å². The normalized spacial score (nSPS) is 22.2. The van der Waals surface area contributed by atoms with Crippen LogP contribution in [0, 0.1) is 29.6 Å². The number of methoxy groups -OCH3 is 1. The molecule has 0 unspecified atom stereocenters. The highest BCUT2D eigenvalue weighted by Gasteiger charge is 2.51. The molecule has 12 nitrogen and oxygen atoms in total. The van der Waals surface area contributed by atoms with E-state index in [0.29, 0.717) is 31.3 Å². The molecule has 3 saturated heterocycles. The molecule has 2 aromatic heterocycles. The van der Waals surface area contributed by atoms with E-state index in [2.05, 4.69) is 41.0 Å². The highest BCUT2D eigenvalue weighted by molar-refractivity contribution is 5.87. The third kappa shape index (κ3) is 7.47. The Kier molecular flexibility index (Phi) is 10.5.